The van der Waals surface area contributed by atoms with Crippen LogP contribution in [-0.2, 0) is 4.74 Å². The molecule has 0 aliphatic rings. The van der Waals surface area contributed by atoms with Crippen molar-refractivity contribution >= 4 is 11.4 Å². The first-order chi connectivity index (χ1) is 8.63. The molecule has 1 aromatic carbocycles. The van der Waals surface area contributed by atoms with Gasteiger partial charge in [-0.25, -0.2) is 4.39 Å². The van der Waals surface area contributed by atoms with Gasteiger partial charge in [-0.15, -0.1) is 0 Å². The second-order valence-corrected chi connectivity index (χ2v) is 3.75. The molecule has 0 unspecified atom stereocenters. The molecule has 6 heteroatoms. The molecule has 0 fully saturated rings. The van der Waals surface area contributed by atoms with E-state index in [1.54, 1.807) is 7.11 Å². The van der Waals surface area contributed by atoms with E-state index in [4.69, 9.17) is 20.3 Å². The van der Waals surface area contributed by atoms with Crippen molar-refractivity contribution < 1.29 is 19.0 Å². The third kappa shape index (κ3) is 3.48. The Bertz CT molecular complexity index is 388. The Morgan fingerprint density at radius 3 is 2.61 bits per heavy atom. The third-order valence-electron chi connectivity index (χ3n) is 2.58. The van der Waals surface area contributed by atoms with Crippen LogP contribution in [-0.4, -0.2) is 45.6 Å². The van der Waals surface area contributed by atoms with E-state index in [0.717, 1.165) is 0 Å². The van der Waals surface area contributed by atoms with Crippen LogP contribution in [0.25, 0.3) is 0 Å². The number of nitrogens with zero attached hydrogens (tertiary/aromatic N) is 1. The van der Waals surface area contributed by atoms with Gasteiger partial charge in [-0.2, -0.15) is 0 Å². The molecule has 0 radical (unpaired) electrons. The zero-order valence-electron chi connectivity index (χ0n) is 10.6. The molecule has 0 amide bonds. The Kier molecular flexibility index (Phi) is 5.67. The summed E-state index contributed by atoms with van der Waals surface area (Å²) in [5.74, 6) is -0.381. The molecule has 0 heterocycles. The molecular formula is C12H19FN2O3. The van der Waals surface area contributed by atoms with Gasteiger partial charge in [0.05, 0.1) is 31.7 Å². The number of methoxy groups -OCH3 is 2. The van der Waals surface area contributed by atoms with Crippen molar-refractivity contribution in [2.45, 2.75) is 0 Å². The highest BCUT2D eigenvalue weighted by Crippen LogP contribution is 2.30. The van der Waals surface area contributed by atoms with Gasteiger partial charge in [0.15, 0.2) is 11.6 Å². The highest BCUT2D eigenvalue weighted by Gasteiger charge is 2.14. The molecule has 102 valence electrons. The summed E-state index contributed by atoms with van der Waals surface area (Å²) < 4.78 is 23.3. The summed E-state index contributed by atoms with van der Waals surface area (Å²) in [5.41, 5.74) is 6.72. The lowest BCUT2D eigenvalue weighted by Gasteiger charge is -2.25. The van der Waals surface area contributed by atoms with Crippen LogP contribution in [0.3, 0.4) is 0 Å². The zero-order valence-corrected chi connectivity index (χ0v) is 10.6. The minimum absolute atomic E-state index is 0.0250. The topological polar surface area (TPSA) is 68.0 Å². The van der Waals surface area contributed by atoms with Gasteiger partial charge in [0, 0.05) is 32.3 Å². The maximum absolute atomic E-state index is 13.4. The van der Waals surface area contributed by atoms with Gasteiger partial charge in [-0.1, -0.05) is 0 Å². The molecule has 18 heavy (non-hydrogen) atoms. The summed E-state index contributed by atoms with van der Waals surface area (Å²) in [4.78, 5) is 1.82. The molecule has 5 nitrogen and oxygen atoms in total. The van der Waals surface area contributed by atoms with Crippen molar-refractivity contribution in [1.29, 1.82) is 0 Å². The van der Waals surface area contributed by atoms with E-state index in [-0.39, 0.29) is 12.4 Å². The van der Waals surface area contributed by atoms with Gasteiger partial charge in [0.25, 0.3) is 0 Å². The van der Waals surface area contributed by atoms with Crippen molar-refractivity contribution in [3.05, 3.63) is 17.9 Å². The van der Waals surface area contributed by atoms with Crippen molar-refractivity contribution in [3.63, 3.8) is 0 Å². The van der Waals surface area contributed by atoms with E-state index in [9.17, 15) is 4.39 Å². The van der Waals surface area contributed by atoms with Crippen molar-refractivity contribution in [3.8, 4) is 5.75 Å². The molecule has 0 aliphatic heterocycles. The SMILES string of the molecule is COCCN(CCO)c1cc(OC)c(F)cc1N. The average molecular weight is 258 g/mol. The number of hydrogen-bond donors (Lipinski definition) is 2. The molecule has 0 saturated heterocycles. The number of benzene rings is 1. The van der Waals surface area contributed by atoms with Gasteiger partial charge < -0.3 is 25.2 Å². The minimum atomic E-state index is -0.505. The first kappa shape index (κ1) is 14.5. The van der Waals surface area contributed by atoms with Crippen LogP contribution in [0.1, 0.15) is 0 Å². The maximum atomic E-state index is 13.4. The third-order valence-corrected chi connectivity index (χ3v) is 2.58. The van der Waals surface area contributed by atoms with Crippen molar-refractivity contribution in [2.24, 2.45) is 0 Å². The quantitative estimate of drug-likeness (QED) is 0.710. The van der Waals surface area contributed by atoms with Crippen LogP contribution >= 0.6 is 0 Å². The van der Waals surface area contributed by atoms with Crippen LogP contribution in [0, 0.1) is 5.82 Å². The van der Waals surface area contributed by atoms with Gasteiger partial charge >= 0.3 is 0 Å². The van der Waals surface area contributed by atoms with Crippen LogP contribution in [0.4, 0.5) is 15.8 Å². The predicted octanol–water partition coefficient (Wildman–Crippen LogP) is 0.862. The monoisotopic (exact) mass is 258 g/mol. The molecule has 1 rings (SSSR count). The zero-order chi connectivity index (χ0) is 13.5. The van der Waals surface area contributed by atoms with E-state index in [0.29, 0.717) is 31.1 Å². The maximum Gasteiger partial charge on any atom is 0.167 e. The Balaban J connectivity index is 3.02. The fraction of sp³-hybridized carbons (Fsp3) is 0.500. The number of aliphatic hydroxyl groups excluding tert-OH is 1. The highest BCUT2D eigenvalue weighted by molar-refractivity contribution is 5.70. The summed E-state index contributed by atoms with van der Waals surface area (Å²) in [7, 11) is 2.98. The van der Waals surface area contributed by atoms with E-state index in [1.807, 2.05) is 4.90 Å². The molecule has 1 aromatic rings. The Morgan fingerprint density at radius 2 is 2.06 bits per heavy atom. The molecular weight excluding hydrogens is 239 g/mol. The summed E-state index contributed by atoms with van der Waals surface area (Å²) in [6, 6.07) is 2.74. The standard InChI is InChI=1S/C12H19FN2O3/c1-17-6-4-15(3-5-16)11-8-12(18-2)9(13)7-10(11)14/h7-8,16H,3-6,14H2,1-2H3. The Morgan fingerprint density at radius 1 is 1.33 bits per heavy atom. The Hall–Kier alpha value is -1.53. The van der Waals surface area contributed by atoms with Gasteiger partial charge in [-0.3, -0.25) is 0 Å². The Labute approximate surface area is 106 Å². The number of nitrogen functional groups attached to an aromatic ring is 1. The number of halogens is 1. The molecule has 0 saturated carbocycles. The second-order valence-electron chi connectivity index (χ2n) is 3.75. The highest BCUT2D eigenvalue weighted by atomic mass is 19.1. The average Bonchev–Trinajstić information content (AvgIpc) is 2.35. The second kappa shape index (κ2) is 7.03. The number of ether oxygens (including phenoxy) is 2. The van der Waals surface area contributed by atoms with E-state index in [1.165, 1.54) is 19.2 Å². The molecule has 0 aromatic heterocycles. The fourth-order valence-corrected chi connectivity index (χ4v) is 1.66. The summed E-state index contributed by atoms with van der Waals surface area (Å²) in [5, 5.41) is 9.04. The first-order valence-corrected chi connectivity index (χ1v) is 5.61. The number of rotatable bonds is 7. The lowest BCUT2D eigenvalue weighted by Crippen LogP contribution is -2.30. The van der Waals surface area contributed by atoms with Gasteiger partial charge in [0.1, 0.15) is 0 Å². The minimum Gasteiger partial charge on any atom is -0.494 e. The fourth-order valence-electron chi connectivity index (χ4n) is 1.66. The molecule has 0 spiro atoms. The molecule has 0 bridgehead atoms. The van der Waals surface area contributed by atoms with Gasteiger partial charge in [-0.05, 0) is 0 Å². The van der Waals surface area contributed by atoms with Crippen LogP contribution < -0.4 is 15.4 Å². The van der Waals surface area contributed by atoms with Crippen LogP contribution in [0.2, 0.25) is 0 Å². The van der Waals surface area contributed by atoms with E-state index in [2.05, 4.69) is 0 Å². The van der Waals surface area contributed by atoms with Crippen molar-refractivity contribution in [1.82, 2.24) is 0 Å². The number of nitrogens with two attached hydrogens (primary N) is 1. The lowest BCUT2D eigenvalue weighted by molar-refractivity contribution is 0.203. The lowest BCUT2D eigenvalue weighted by atomic mass is 10.2. The van der Waals surface area contributed by atoms with Crippen LogP contribution in [0.5, 0.6) is 5.75 Å². The number of hydrogen-bond acceptors (Lipinski definition) is 5. The molecule has 0 atom stereocenters. The summed E-state index contributed by atoms with van der Waals surface area (Å²) >= 11 is 0. The first-order valence-electron chi connectivity index (χ1n) is 5.61. The smallest absolute Gasteiger partial charge is 0.167 e. The normalized spacial score (nSPS) is 10.4. The van der Waals surface area contributed by atoms with Crippen molar-refractivity contribution in [2.75, 3.05) is 51.2 Å². The summed E-state index contributed by atoms with van der Waals surface area (Å²) in [6.45, 7) is 1.40. The number of aliphatic hydroxyl groups is 1. The number of anilines is 2. The molecule has 0 aliphatic carbocycles. The van der Waals surface area contributed by atoms with E-state index < -0.39 is 5.82 Å². The summed E-state index contributed by atoms with van der Waals surface area (Å²) in [6.07, 6.45) is 0. The van der Waals surface area contributed by atoms with Crippen LogP contribution in [0.15, 0.2) is 12.1 Å². The molecule has 3 N–H and O–H groups in total. The largest absolute Gasteiger partial charge is 0.494 e. The van der Waals surface area contributed by atoms with E-state index >= 15 is 0 Å². The van der Waals surface area contributed by atoms with Gasteiger partial charge in [0.2, 0.25) is 0 Å². The predicted molar refractivity (Wildman–Crippen MR) is 68.5 cm³/mol.